The van der Waals surface area contributed by atoms with E-state index in [9.17, 15) is 28.8 Å². The van der Waals surface area contributed by atoms with E-state index in [1.807, 2.05) is 53.1 Å². The van der Waals surface area contributed by atoms with Crippen LogP contribution in [0.15, 0.2) is 136 Å². The van der Waals surface area contributed by atoms with E-state index in [4.69, 9.17) is 9.68 Å². The number of rotatable bonds is 25. The molecule has 0 atom stereocenters. The zero-order valence-corrected chi connectivity index (χ0v) is 48.7. The Bertz CT molecular complexity index is 2910. The number of fused-ring (bicyclic) bond motifs is 4. The molecule has 4 amide bonds. The number of carbonyl (C=O) groups excluding carboxylic acids is 6. The molecule has 0 saturated carbocycles. The van der Waals surface area contributed by atoms with Gasteiger partial charge in [-0.2, -0.15) is 0 Å². The molecular weight excluding hydrogens is 1070 g/mol. The molecule has 5 aromatic carbocycles. The van der Waals surface area contributed by atoms with Gasteiger partial charge in [-0.1, -0.05) is 131 Å². The number of carbonyl (C=O) groups is 6. The smallest absolute Gasteiger partial charge is 0.333 e. The van der Waals surface area contributed by atoms with Crippen molar-refractivity contribution in [2.45, 2.75) is 117 Å². The van der Waals surface area contributed by atoms with E-state index in [1.54, 1.807) is 0 Å². The summed E-state index contributed by atoms with van der Waals surface area (Å²) in [6.07, 6.45) is 10.5. The van der Waals surface area contributed by atoms with E-state index in [0.717, 1.165) is 67.2 Å². The van der Waals surface area contributed by atoms with Crippen molar-refractivity contribution >= 4 is 122 Å². The Morgan fingerprint density at radius 2 is 0.747 bits per heavy atom. The van der Waals surface area contributed by atoms with Crippen LogP contribution in [0.1, 0.15) is 139 Å². The van der Waals surface area contributed by atoms with Gasteiger partial charge in [0.15, 0.2) is 0 Å². The van der Waals surface area contributed by atoms with Crippen molar-refractivity contribution in [1.29, 1.82) is 0 Å². The normalized spacial score (nSPS) is 14.4. The van der Waals surface area contributed by atoms with Crippen molar-refractivity contribution in [3.63, 3.8) is 0 Å². The average Bonchev–Trinajstić information content (AvgIpc) is 4.13. The topological polar surface area (TPSA) is 134 Å². The molecular formula is C63H70N4O8S4. The van der Waals surface area contributed by atoms with Crippen LogP contribution in [0.3, 0.4) is 0 Å². The van der Waals surface area contributed by atoms with Gasteiger partial charge in [0, 0.05) is 105 Å². The Morgan fingerprint density at radius 3 is 1.13 bits per heavy atom. The Morgan fingerprint density at radius 1 is 0.418 bits per heavy atom. The van der Waals surface area contributed by atoms with Crippen molar-refractivity contribution in [2.24, 2.45) is 0 Å². The zero-order valence-electron chi connectivity index (χ0n) is 45.5. The minimum Gasteiger partial charge on any atom is -0.344 e. The van der Waals surface area contributed by atoms with Crippen LogP contribution in [-0.4, -0.2) is 75.8 Å². The molecule has 4 heterocycles. The lowest BCUT2D eigenvalue weighted by atomic mass is 9.91. The summed E-state index contributed by atoms with van der Waals surface area (Å²) in [5.74, 6) is 1.24. The number of imide groups is 2. The summed E-state index contributed by atoms with van der Waals surface area (Å²) >= 11 is 7.69. The third kappa shape index (κ3) is 15.2. The highest BCUT2D eigenvalue weighted by atomic mass is 32.2. The standard InChI is InChI=1S/C34H36N2O4S2.C29H34N2O4S2/c1-2-3-23-41-34(42-24-13-5-8-20-32(39)40-36-30(37)21-22-31(36)38)33-26-16-9-11-18-28(26)35(25-14-6-4-7-15-25)29-19-12-10-17-27(29)33;1-3-4-19-36-29(37-20-11-5-6-16-27(34)35-31-25(32)17-18-26(31)33)28-21-12-7-9-14-23(21)30(2)24-15-10-8-13-22(24)28/h4,6-7,9-12,14-19H,2-3,5,8,13,20-24H2,1H3;7-10,12-15H,3-6,11,16-20H2,1-2H3. The van der Waals surface area contributed by atoms with Gasteiger partial charge in [0.25, 0.3) is 23.6 Å². The number of para-hydroxylation sites is 5. The van der Waals surface area contributed by atoms with Crippen LogP contribution in [0.25, 0.3) is 11.1 Å². The highest BCUT2D eigenvalue weighted by molar-refractivity contribution is 8.22. The van der Waals surface area contributed by atoms with Crippen molar-refractivity contribution in [1.82, 2.24) is 10.1 Å². The van der Waals surface area contributed by atoms with Crippen molar-refractivity contribution in [2.75, 3.05) is 39.9 Å². The SMILES string of the molecule is CCCCSC(SCCCCCC(=O)ON1C(=O)CCC1=O)=C1c2ccccc2N(C)c2ccccc21.CCCCSC(SCCCCCC(=O)ON1C(=O)CCC1=O)=C1c2ccccc2N(c2ccccc2)c2ccccc21. The molecule has 414 valence electrons. The molecule has 12 nitrogen and oxygen atoms in total. The van der Waals surface area contributed by atoms with Crippen molar-refractivity contribution in [3.05, 3.63) is 158 Å². The van der Waals surface area contributed by atoms with Crippen LogP contribution in [-0.2, 0) is 38.4 Å². The van der Waals surface area contributed by atoms with Crippen LogP contribution >= 0.6 is 47.0 Å². The lowest BCUT2D eigenvalue weighted by Gasteiger charge is -2.35. The average molecular weight is 1140 g/mol. The number of amides is 4. The molecule has 9 rings (SSSR count). The molecule has 0 aromatic heterocycles. The first-order valence-corrected chi connectivity index (χ1v) is 31.6. The fraction of sp³-hybridized carbons (Fsp3) is 0.365. The Labute approximate surface area is 482 Å². The predicted octanol–water partition coefficient (Wildman–Crippen LogP) is 15.5. The molecule has 2 fully saturated rings. The fourth-order valence-corrected chi connectivity index (χ4v) is 15.0. The van der Waals surface area contributed by atoms with Gasteiger partial charge in [0.2, 0.25) is 0 Å². The van der Waals surface area contributed by atoms with Crippen LogP contribution in [0.2, 0.25) is 0 Å². The third-order valence-electron chi connectivity index (χ3n) is 13.7. The van der Waals surface area contributed by atoms with Crippen molar-refractivity contribution < 1.29 is 38.4 Å². The van der Waals surface area contributed by atoms with Gasteiger partial charge < -0.3 is 19.5 Å². The number of benzene rings is 5. The summed E-state index contributed by atoms with van der Waals surface area (Å²) in [4.78, 5) is 85.4. The third-order valence-corrected chi connectivity index (χ3v) is 18.9. The first-order valence-electron chi connectivity index (χ1n) is 27.7. The Kier molecular flexibility index (Phi) is 22.3. The number of thioether (sulfide) groups is 4. The monoisotopic (exact) mass is 1140 g/mol. The summed E-state index contributed by atoms with van der Waals surface area (Å²) in [5, 5.41) is 1.25. The molecule has 5 aromatic rings. The number of hydrogen-bond acceptors (Lipinski definition) is 14. The molecule has 16 heteroatoms. The second kappa shape index (κ2) is 29.9. The van der Waals surface area contributed by atoms with E-state index in [0.29, 0.717) is 23.0 Å². The summed E-state index contributed by atoms with van der Waals surface area (Å²) in [6.45, 7) is 4.45. The van der Waals surface area contributed by atoms with Gasteiger partial charge in [-0.25, -0.2) is 9.59 Å². The summed E-state index contributed by atoms with van der Waals surface area (Å²) in [7, 11) is 2.13. The molecule has 0 bridgehead atoms. The second-order valence-electron chi connectivity index (χ2n) is 19.4. The summed E-state index contributed by atoms with van der Waals surface area (Å²) in [5.41, 5.74) is 13.6. The zero-order chi connectivity index (χ0) is 55.5. The molecule has 0 unspecified atom stereocenters. The second-order valence-corrected chi connectivity index (χ2v) is 24.4. The predicted molar refractivity (Wildman–Crippen MR) is 325 cm³/mol. The molecule has 0 radical (unpaired) electrons. The largest absolute Gasteiger partial charge is 0.344 e. The summed E-state index contributed by atoms with van der Waals surface area (Å²) in [6, 6.07) is 45.1. The van der Waals surface area contributed by atoms with Gasteiger partial charge in [-0.05, 0) is 97.9 Å². The molecule has 0 N–H and O–H groups in total. The maximum absolute atomic E-state index is 12.2. The van der Waals surface area contributed by atoms with Crippen LogP contribution in [0.5, 0.6) is 0 Å². The lowest BCUT2D eigenvalue weighted by molar-refractivity contribution is -0.197. The number of anilines is 5. The highest BCUT2D eigenvalue weighted by Crippen LogP contribution is 2.53. The number of hydroxylamine groups is 4. The number of nitrogens with zero attached hydrogens (tertiary/aromatic N) is 4. The maximum Gasteiger partial charge on any atom is 0.333 e. The Hall–Kier alpha value is -6.20. The fourth-order valence-electron chi connectivity index (χ4n) is 9.59. The summed E-state index contributed by atoms with van der Waals surface area (Å²) < 4.78 is 2.69. The van der Waals surface area contributed by atoms with Gasteiger partial charge in [-0.3, -0.25) is 19.2 Å². The quantitative estimate of drug-likeness (QED) is 0.0397. The van der Waals surface area contributed by atoms with Crippen molar-refractivity contribution in [3.8, 4) is 0 Å². The first-order chi connectivity index (χ1) is 38.6. The van der Waals surface area contributed by atoms with E-state index in [1.165, 1.54) is 77.5 Å². The van der Waals surface area contributed by atoms with E-state index < -0.39 is 35.6 Å². The highest BCUT2D eigenvalue weighted by Gasteiger charge is 2.35. The molecule has 79 heavy (non-hydrogen) atoms. The Balaban J connectivity index is 0.000000210. The molecule has 0 aliphatic carbocycles. The molecule has 0 spiro atoms. The van der Waals surface area contributed by atoms with E-state index >= 15 is 0 Å². The molecule has 4 aliphatic heterocycles. The van der Waals surface area contributed by atoms with Crippen LogP contribution < -0.4 is 9.80 Å². The number of unbranched alkanes of at least 4 members (excludes halogenated alkanes) is 6. The van der Waals surface area contributed by atoms with Gasteiger partial charge >= 0.3 is 11.9 Å². The molecule has 2 saturated heterocycles. The van der Waals surface area contributed by atoms with Crippen LogP contribution in [0, 0.1) is 0 Å². The van der Waals surface area contributed by atoms with Gasteiger partial charge in [-0.15, -0.1) is 57.2 Å². The van der Waals surface area contributed by atoms with E-state index in [-0.39, 0.29) is 38.5 Å². The maximum atomic E-state index is 12.2. The lowest BCUT2D eigenvalue weighted by Crippen LogP contribution is -2.31. The van der Waals surface area contributed by atoms with Crippen LogP contribution in [0.4, 0.5) is 28.4 Å². The van der Waals surface area contributed by atoms with E-state index in [2.05, 4.69) is 152 Å². The van der Waals surface area contributed by atoms with Gasteiger partial charge in [0.1, 0.15) is 0 Å². The minimum atomic E-state index is -0.525. The molecule has 4 aliphatic rings. The minimum absolute atomic E-state index is 0.108. The number of hydrogen-bond donors (Lipinski definition) is 0. The van der Waals surface area contributed by atoms with Gasteiger partial charge in [0.05, 0.1) is 11.4 Å². The first kappa shape index (κ1) is 58.9.